The molecule has 2 N–H and O–H groups in total. The first-order valence-electron chi connectivity index (χ1n) is 12.7. The van der Waals surface area contributed by atoms with Gasteiger partial charge < -0.3 is 20.2 Å². The van der Waals surface area contributed by atoms with Crippen LogP contribution in [0.3, 0.4) is 0 Å². The molecule has 9 heteroatoms. The van der Waals surface area contributed by atoms with Crippen LogP contribution in [0.1, 0.15) is 50.5 Å². The Morgan fingerprint density at radius 3 is 2.60 bits per heavy atom. The SMILES string of the molecule is CC(O)c1cc2cnc(Nc3ccc(CN4CCN(C)C[C@H]4C)cn3)nc2c(N2CCCCC2)n1. The Morgan fingerprint density at radius 2 is 1.89 bits per heavy atom. The summed E-state index contributed by atoms with van der Waals surface area (Å²) in [5.41, 5.74) is 2.65. The van der Waals surface area contributed by atoms with Gasteiger partial charge in [0.2, 0.25) is 5.95 Å². The highest BCUT2D eigenvalue weighted by Gasteiger charge is 2.22. The van der Waals surface area contributed by atoms with E-state index < -0.39 is 6.10 Å². The van der Waals surface area contributed by atoms with Crippen molar-refractivity contribution in [3.8, 4) is 0 Å². The largest absolute Gasteiger partial charge is 0.387 e. The summed E-state index contributed by atoms with van der Waals surface area (Å²) in [6.07, 6.45) is 6.61. The highest BCUT2D eigenvalue weighted by molar-refractivity contribution is 5.89. The number of piperidine rings is 1. The number of hydrogen-bond acceptors (Lipinski definition) is 9. The van der Waals surface area contributed by atoms with Crippen LogP contribution in [0.5, 0.6) is 0 Å². The summed E-state index contributed by atoms with van der Waals surface area (Å²) >= 11 is 0. The quantitative estimate of drug-likeness (QED) is 0.555. The van der Waals surface area contributed by atoms with Crippen molar-refractivity contribution in [2.45, 2.75) is 51.8 Å². The number of fused-ring (bicyclic) bond motifs is 1. The van der Waals surface area contributed by atoms with Gasteiger partial charge in [-0.05, 0) is 57.9 Å². The zero-order valence-electron chi connectivity index (χ0n) is 21.0. The van der Waals surface area contributed by atoms with Crippen LogP contribution in [0, 0.1) is 0 Å². The Labute approximate surface area is 207 Å². The molecule has 3 aromatic rings. The Hall–Kier alpha value is -2.88. The maximum absolute atomic E-state index is 10.2. The highest BCUT2D eigenvalue weighted by atomic mass is 16.3. The third kappa shape index (κ3) is 5.52. The van der Waals surface area contributed by atoms with E-state index in [0.29, 0.717) is 23.5 Å². The molecule has 5 rings (SSSR count). The van der Waals surface area contributed by atoms with Crippen molar-refractivity contribution in [2.24, 2.45) is 0 Å². The van der Waals surface area contributed by atoms with E-state index in [0.717, 1.165) is 68.8 Å². The summed E-state index contributed by atoms with van der Waals surface area (Å²) in [6, 6.07) is 6.53. The van der Waals surface area contributed by atoms with Crippen LogP contribution in [-0.2, 0) is 6.54 Å². The minimum atomic E-state index is -0.641. The standard InChI is InChI=1S/C26H36N8O/c1-18-16-32(3)11-12-34(18)17-20-7-8-23(27-14-20)30-26-28-15-21-13-22(19(2)35)29-25(24(21)31-26)33-9-5-4-6-10-33/h7-8,13-15,18-19,35H,4-6,9-12,16-17H2,1-3H3,(H,27,28,30,31)/t18-,19?/m1/s1. The normalized spacial score (nSPS) is 20.8. The number of aliphatic hydroxyl groups excluding tert-OH is 1. The minimum absolute atomic E-state index is 0.496. The van der Waals surface area contributed by atoms with Gasteiger partial charge in [0.05, 0.1) is 11.8 Å². The van der Waals surface area contributed by atoms with E-state index >= 15 is 0 Å². The molecule has 0 saturated carbocycles. The number of hydrogen-bond donors (Lipinski definition) is 2. The number of piperazine rings is 1. The Morgan fingerprint density at radius 1 is 1.06 bits per heavy atom. The molecule has 2 fully saturated rings. The summed E-state index contributed by atoms with van der Waals surface area (Å²) < 4.78 is 0. The predicted octanol–water partition coefficient (Wildman–Crippen LogP) is 3.34. The van der Waals surface area contributed by atoms with Crippen molar-refractivity contribution in [3.05, 3.63) is 41.9 Å². The lowest BCUT2D eigenvalue weighted by Gasteiger charge is -2.38. The number of pyridine rings is 2. The third-order valence-corrected chi connectivity index (χ3v) is 7.07. The maximum atomic E-state index is 10.2. The fraction of sp³-hybridized carbons (Fsp3) is 0.538. The number of nitrogens with zero attached hydrogens (tertiary/aromatic N) is 7. The highest BCUT2D eigenvalue weighted by Crippen LogP contribution is 2.29. The smallest absolute Gasteiger partial charge is 0.229 e. The van der Waals surface area contributed by atoms with E-state index in [1.165, 1.54) is 12.0 Å². The van der Waals surface area contributed by atoms with Gasteiger partial charge >= 0.3 is 0 Å². The van der Waals surface area contributed by atoms with Gasteiger partial charge in [-0.25, -0.2) is 19.9 Å². The minimum Gasteiger partial charge on any atom is -0.387 e. The second-order valence-corrected chi connectivity index (χ2v) is 9.98. The number of anilines is 3. The molecule has 3 aromatic heterocycles. The van der Waals surface area contributed by atoms with Crippen LogP contribution in [0.2, 0.25) is 0 Å². The molecule has 2 aliphatic rings. The van der Waals surface area contributed by atoms with E-state index in [-0.39, 0.29) is 0 Å². The van der Waals surface area contributed by atoms with Crippen LogP contribution < -0.4 is 10.2 Å². The zero-order valence-corrected chi connectivity index (χ0v) is 21.0. The van der Waals surface area contributed by atoms with Crippen molar-refractivity contribution in [1.82, 2.24) is 29.7 Å². The average Bonchev–Trinajstić information content (AvgIpc) is 2.86. The number of aromatic nitrogens is 4. The van der Waals surface area contributed by atoms with E-state index in [9.17, 15) is 5.11 Å². The molecular weight excluding hydrogens is 440 g/mol. The lowest BCUT2D eigenvalue weighted by Crippen LogP contribution is -2.49. The van der Waals surface area contributed by atoms with E-state index in [4.69, 9.17) is 9.97 Å². The number of nitrogens with one attached hydrogen (secondary N) is 1. The van der Waals surface area contributed by atoms with Gasteiger partial charge in [-0.1, -0.05) is 6.07 Å². The zero-order chi connectivity index (χ0) is 24.4. The summed E-state index contributed by atoms with van der Waals surface area (Å²) in [6.45, 7) is 10.1. The van der Waals surface area contributed by atoms with Gasteiger partial charge in [-0.15, -0.1) is 0 Å². The fourth-order valence-corrected chi connectivity index (χ4v) is 5.00. The first-order chi connectivity index (χ1) is 17.0. The fourth-order valence-electron chi connectivity index (χ4n) is 5.00. The van der Waals surface area contributed by atoms with Crippen LogP contribution in [0.4, 0.5) is 17.6 Å². The lowest BCUT2D eigenvalue weighted by molar-refractivity contribution is 0.0937. The topological polar surface area (TPSA) is 93.5 Å². The summed E-state index contributed by atoms with van der Waals surface area (Å²) in [4.78, 5) is 25.9. The molecule has 5 heterocycles. The van der Waals surface area contributed by atoms with Crippen LogP contribution in [0.15, 0.2) is 30.6 Å². The van der Waals surface area contributed by atoms with Crippen LogP contribution in [-0.4, -0.2) is 80.7 Å². The maximum Gasteiger partial charge on any atom is 0.229 e. The molecule has 0 amide bonds. The van der Waals surface area contributed by atoms with Crippen molar-refractivity contribution >= 4 is 28.5 Å². The van der Waals surface area contributed by atoms with E-state index in [1.54, 1.807) is 13.1 Å². The summed E-state index contributed by atoms with van der Waals surface area (Å²) in [5.74, 6) is 2.04. The Kier molecular flexibility index (Phi) is 7.08. The van der Waals surface area contributed by atoms with Gasteiger partial charge in [-0.2, -0.15) is 0 Å². The van der Waals surface area contributed by atoms with Crippen LogP contribution in [0.25, 0.3) is 10.9 Å². The Balaban J connectivity index is 1.35. The molecule has 0 aromatic carbocycles. The van der Waals surface area contributed by atoms with Crippen molar-refractivity contribution < 1.29 is 5.11 Å². The van der Waals surface area contributed by atoms with Crippen molar-refractivity contribution in [2.75, 3.05) is 50.0 Å². The second-order valence-electron chi connectivity index (χ2n) is 9.98. The first-order valence-corrected chi connectivity index (χ1v) is 12.7. The predicted molar refractivity (Wildman–Crippen MR) is 139 cm³/mol. The molecule has 9 nitrogen and oxygen atoms in total. The first kappa shape index (κ1) is 23.8. The second kappa shape index (κ2) is 10.4. The molecule has 0 bridgehead atoms. The molecular formula is C26H36N8O. The van der Waals surface area contributed by atoms with Gasteiger partial charge in [0.1, 0.15) is 11.3 Å². The summed E-state index contributed by atoms with van der Waals surface area (Å²) in [5, 5.41) is 14.3. The molecule has 2 aliphatic heterocycles. The van der Waals surface area contributed by atoms with Crippen LogP contribution >= 0.6 is 0 Å². The van der Waals surface area contributed by atoms with Gasteiger partial charge in [0, 0.05) is 63.1 Å². The third-order valence-electron chi connectivity index (χ3n) is 7.07. The van der Waals surface area contributed by atoms with Crippen molar-refractivity contribution in [1.29, 1.82) is 0 Å². The molecule has 2 saturated heterocycles. The molecule has 35 heavy (non-hydrogen) atoms. The molecule has 186 valence electrons. The van der Waals surface area contributed by atoms with Gasteiger partial charge in [-0.3, -0.25) is 4.90 Å². The number of aliphatic hydroxyl groups is 1. The monoisotopic (exact) mass is 476 g/mol. The molecule has 2 atom stereocenters. The molecule has 0 spiro atoms. The molecule has 0 radical (unpaired) electrons. The Bertz CT molecular complexity index is 1150. The number of rotatable bonds is 6. The van der Waals surface area contributed by atoms with E-state index in [1.807, 2.05) is 18.3 Å². The van der Waals surface area contributed by atoms with Gasteiger partial charge in [0.25, 0.3) is 0 Å². The average molecular weight is 477 g/mol. The van der Waals surface area contributed by atoms with Crippen molar-refractivity contribution in [3.63, 3.8) is 0 Å². The molecule has 0 aliphatic carbocycles. The lowest BCUT2D eigenvalue weighted by atomic mass is 10.1. The summed E-state index contributed by atoms with van der Waals surface area (Å²) in [7, 11) is 2.18. The van der Waals surface area contributed by atoms with Gasteiger partial charge in [0.15, 0.2) is 5.82 Å². The van der Waals surface area contributed by atoms with E-state index in [2.05, 4.69) is 50.0 Å². The molecule has 1 unspecified atom stereocenters. The number of likely N-dealkylation sites (N-methyl/N-ethyl adjacent to an activating group) is 1.